The average molecular weight is 1030 g/mol. The molecule has 0 heterocycles. The van der Waals surface area contributed by atoms with Crippen LogP contribution in [0.25, 0.3) is 0 Å². The molecule has 0 saturated heterocycles. The van der Waals surface area contributed by atoms with E-state index in [9.17, 15) is 9.59 Å². The minimum absolute atomic E-state index is 0. The van der Waals surface area contributed by atoms with E-state index in [0.717, 1.165) is 69.4 Å². The van der Waals surface area contributed by atoms with Gasteiger partial charge in [0.15, 0.2) is 0 Å². The summed E-state index contributed by atoms with van der Waals surface area (Å²) in [6.07, 6.45) is 4.01. The summed E-state index contributed by atoms with van der Waals surface area (Å²) < 4.78 is 15.1. The van der Waals surface area contributed by atoms with Gasteiger partial charge in [-0.05, 0) is 159 Å². The first-order chi connectivity index (χ1) is 33.3. The second-order valence-corrected chi connectivity index (χ2v) is 18.3. The van der Waals surface area contributed by atoms with E-state index in [1.54, 1.807) is 24.3 Å². The Balaban J connectivity index is 0.000000307. The zero-order valence-corrected chi connectivity index (χ0v) is 42.9. The standard InChI is InChI=1S/C28H31Cl2NO3.C18H21Cl2NO.C10H12O3.CH4/c1-31(19-20-34-26-14-3-21(4-15-26)5-16-28(32)33-2)18-17-27(22-6-10-24(29)11-7-22)23-8-12-25(30)13-9-23;1-21(12-13-22)11-10-18(14-2-6-16(19)7-3-14)15-4-8-17(20)9-5-15;1-13-10(12)7-4-8-2-5-9(11)6-3-8;/h3-4,6-15,27H,5,16-20H2,1-2H3;2-9,18,22H,10-13H2,1H3;2-3,5-6,11H,4,7H2,1H3;1H4. The fourth-order valence-electron chi connectivity index (χ4n) is 7.36. The van der Waals surface area contributed by atoms with Crippen molar-refractivity contribution < 1.29 is 34.0 Å². The van der Waals surface area contributed by atoms with Gasteiger partial charge < -0.3 is 34.2 Å². The third-order valence-electron chi connectivity index (χ3n) is 11.5. The lowest BCUT2D eigenvalue weighted by Crippen LogP contribution is -2.26. The molecule has 0 atom stereocenters. The second kappa shape index (κ2) is 32.7. The molecule has 0 radical (unpaired) electrons. The first kappa shape index (κ1) is 59.2. The molecule has 376 valence electrons. The number of aromatic hydroxyl groups is 1. The van der Waals surface area contributed by atoms with Crippen molar-refractivity contribution in [1.29, 1.82) is 0 Å². The maximum Gasteiger partial charge on any atom is 0.305 e. The highest BCUT2D eigenvalue weighted by Crippen LogP contribution is 2.32. The zero-order chi connectivity index (χ0) is 50.0. The molecule has 0 aliphatic heterocycles. The lowest BCUT2D eigenvalue weighted by molar-refractivity contribution is -0.141. The van der Waals surface area contributed by atoms with Crippen LogP contribution >= 0.6 is 46.4 Å². The molecule has 0 aliphatic carbocycles. The number of hydrogen-bond acceptors (Lipinski definition) is 9. The number of halogens is 4. The van der Waals surface area contributed by atoms with E-state index in [4.69, 9.17) is 61.4 Å². The molecular formula is C57H68Cl4N2O7. The zero-order valence-electron chi connectivity index (χ0n) is 39.8. The molecule has 0 spiro atoms. The van der Waals surface area contributed by atoms with Gasteiger partial charge in [-0.2, -0.15) is 0 Å². The summed E-state index contributed by atoms with van der Waals surface area (Å²) in [6, 6.07) is 46.8. The smallest absolute Gasteiger partial charge is 0.305 e. The monoisotopic (exact) mass is 1030 g/mol. The molecule has 6 aromatic rings. The Kier molecular flexibility index (Phi) is 27.7. The van der Waals surface area contributed by atoms with Crippen molar-refractivity contribution in [3.63, 3.8) is 0 Å². The number of aryl methyl sites for hydroxylation is 2. The van der Waals surface area contributed by atoms with Gasteiger partial charge in [-0.25, -0.2) is 0 Å². The SMILES string of the molecule is C.CN(CCO)CCC(c1ccc(Cl)cc1)c1ccc(Cl)cc1.COC(=O)CCc1ccc(O)cc1.COC(=O)CCc1ccc(OCCN(C)CCC(c2ccc(Cl)cc2)c2ccc(Cl)cc2)cc1. The first-order valence-electron chi connectivity index (χ1n) is 22.9. The number of carbonyl (C=O) groups is 2. The Bertz CT molecular complexity index is 2280. The number of hydrogen-bond donors (Lipinski definition) is 2. The van der Waals surface area contributed by atoms with Crippen LogP contribution < -0.4 is 4.74 Å². The Morgan fingerprint density at radius 3 is 1.16 bits per heavy atom. The number of phenols is 1. The fourth-order valence-corrected chi connectivity index (χ4v) is 7.86. The van der Waals surface area contributed by atoms with Crippen molar-refractivity contribution in [2.24, 2.45) is 0 Å². The van der Waals surface area contributed by atoms with Crippen LogP contribution in [0.15, 0.2) is 146 Å². The molecule has 9 nitrogen and oxygen atoms in total. The summed E-state index contributed by atoms with van der Waals surface area (Å²) in [4.78, 5) is 26.5. The van der Waals surface area contributed by atoms with E-state index in [-0.39, 0.29) is 43.6 Å². The molecule has 0 unspecified atom stereocenters. The van der Waals surface area contributed by atoms with Gasteiger partial charge in [-0.15, -0.1) is 0 Å². The third-order valence-corrected chi connectivity index (χ3v) is 12.5. The molecule has 2 N–H and O–H groups in total. The molecule has 0 bridgehead atoms. The predicted molar refractivity (Wildman–Crippen MR) is 288 cm³/mol. The molecule has 13 heteroatoms. The molecule has 0 aromatic heterocycles. The minimum atomic E-state index is -0.215. The number of esters is 2. The van der Waals surface area contributed by atoms with Gasteiger partial charge in [0.25, 0.3) is 0 Å². The highest BCUT2D eigenvalue weighted by Gasteiger charge is 2.17. The number of ether oxygens (including phenoxy) is 3. The van der Waals surface area contributed by atoms with E-state index in [1.165, 1.54) is 36.5 Å². The van der Waals surface area contributed by atoms with Crippen LogP contribution in [0.3, 0.4) is 0 Å². The molecule has 6 aromatic carbocycles. The van der Waals surface area contributed by atoms with Gasteiger partial charge in [0.2, 0.25) is 0 Å². The van der Waals surface area contributed by atoms with Crippen molar-refractivity contribution in [1.82, 2.24) is 9.80 Å². The summed E-state index contributed by atoms with van der Waals surface area (Å²) in [6.45, 7) is 4.13. The highest BCUT2D eigenvalue weighted by atomic mass is 35.5. The summed E-state index contributed by atoms with van der Waals surface area (Å²) >= 11 is 24.2. The van der Waals surface area contributed by atoms with Crippen molar-refractivity contribution >= 4 is 58.3 Å². The number of rotatable bonds is 22. The largest absolute Gasteiger partial charge is 0.508 e. The number of methoxy groups -OCH3 is 2. The number of phenolic OH excluding ortho intramolecular Hbond substituents is 1. The molecule has 0 aliphatic rings. The first-order valence-corrected chi connectivity index (χ1v) is 24.4. The Morgan fingerprint density at radius 1 is 0.500 bits per heavy atom. The van der Waals surface area contributed by atoms with E-state index in [2.05, 4.69) is 74.9 Å². The summed E-state index contributed by atoms with van der Waals surface area (Å²) in [7, 11) is 6.92. The van der Waals surface area contributed by atoms with Gasteiger partial charge in [0, 0.05) is 57.9 Å². The highest BCUT2D eigenvalue weighted by molar-refractivity contribution is 6.31. The van der Waals surface area contributed by atoms with Gasteiger partial charge in [-0.1, -0.05) is 127 Å². The Labute approximate surface area is 435 Å². The molecule has 0 fully saturated rings. The molecular weight excluding hydrogens is 966 g/mol. The van der Waals surface area contributed by atoms with Crippen LogP contribution in [0.1, 0.15) is 78.3 Å². The van der Waals surface area contributed by atoms with Gasteiger partial charge in [-0.3, -0.25) is 9.59 Å². The van der Waals surface area contributed by atoms with Gasteiger partial charge in [0.1, 0.15) is 18.1 Å². The summed E-state index contributed by atoms with van der Waals surface area (Å²) in [5.74, 6) is 1.20. The Hall–Kier alpha value is -5.10. The third kappa shape index (κ3) is 22.3. The van der Waals surface area contributed by atoms with Crippen molar-refractivity contribution in [3.8, 4) is 11.5 Å². The summed E-state index contributed by atoms with van der Waals surface area (Å²) in [5, 5.41) is 21.0. The summed E-state index contributed by atoms with van der Waals surface area (Å²) in [5.41, 5.74) is 7.06. The number of aliphatic hydroxyl groups excluding tert-OH is 1. The van der Waals surface area contributed by atoms with E-state index >= 15 is 0 Å². The van der Waals surface area contributed by atoms with E-state index in [0.29, 0.717) is 38.8 Å². The molecule has 6 rings (SSSR count). The maximum atomic E-state index is 11.3. The van der Waals surface area contributed by atoms with Crippen LogP contribution in [0.2, 0.25) is 20.1 Å². The fraction of sp³-hybridized carbons (Fsp3) is 0.333. The van der Waals surface area contributed by atoms with Crippen molar-refractivity contribution in [3.05, 3.63) is 199 Å². The van der Waals surface area contributed by atoms with Crippen LogP contribution in [0, 0.1) is 0 Å². The molecule has 0 amide bonds. The van der Waals surface area contributed by atoms with Gasteiger partial charge >= 0.3 is 11.9 Å². The second-order valence-electron chi connectivity index (χ2n) is 16.5. The van der Waals surface area contributed by atoms with Crippen molar-refractivity contribution in [2.75, 3.05) is 67.7 Å². The number of nitrogens with zero attached hydrogens (tertiary/aromatic N) is 2. The number of carbonyl (C=O) groups excluding carboxylic acids is 2. The number of benzene rings is 6. The van der Waals surface area contributed by atoms with Gasteiger partial charge in [0.05, 0.1) is 20.8 Å². The van der Waals surface area contributed by atoms with E-state index in [1.807, 2.05) is 79.8 Å². The Morgan fingerprint density at radius 2 is 0.829 bits per heavy atom. The van der Waals surface area contributed by atoms with Crippen LogP contribution in [0.5, 0.6) is 11.5 Å². The lowest BCUT2D eigenvalue weighted by Gasteiger charge is -2.23. The van der Waals surface area contributed by atoms with Crippen LogP contribution in [0.4, 0.5) is 0 Å². The predicted octanol–water partition coefficient (Wildman–Crippen LogP) is 13.2. The van der Waals surface area contributed by atoms with Crippen molar-refractivity contribution in [2.45, 2.75) is 57.8 Å². The normalized spacial score (nSPS) is 10.8. The lowest BCUT2D eigenvalue weighted by atomic mass is 9.88. The maximum absolute atomic E-state index is 11.3. The quantitative estimate of drug-likeness (QED) is 0.0643. The number of aliphatic hydroxyl groups is 1. The number of likely N-dealkylation sites (N-methyl/N-ethyl adjacent to an activating group) is 2. The minimum Gasteiger partial charge on any atom is -0.508 e. The average Bonchev–Trinajstić information content (AvgIpc) is 3.36. The van der Waals surface area contributed by atoms with Crippen LogP contribution in [-0.4, -0.2) is 99.7 Å². The molecule has 0 saturated carbocycles. The molecule has 70 heavy (non-hydrogen) atoms. The topological polar surface area (TPSA) is 109 Å². The van der Waals surface area contributed by atoms with Crippen LogP contribution in [-0.2, 0) is 31.9 Å². The van der Waals surface area contributed by atoms with E-state index < -0.39 is 0 Å².